The number of fused-ring (bicyclic) bond motifs is 1. The first kappa shape index (κ1) is 17.5. The van der Waals surface area contributed by atoms with E-state index in [9.17, 15) is 0 Å². The van der Waals surface area contributed by atoms with Gasteiger partial charge < -0.3 is 15.0 Å². The van der Waals surface area contributed by atoms with Gasteiger partial charge in [-0.15, -0.1) is 0 Å². The number of nitrogens with zero attached hydrogens (tertiary/aromatic N) is 1. The van der Waals surface area contributed by atoms with Crippen molar-refractivity contribution in [1.82, 2.24) is 4.90 Å². The van der Waals surface area contributed by atoms with E-state index in [0.29, 0.717) is 10.1 Å². The van der Waals surface area contributed by atoms with Crippen molar-refractivity contribution in [2.45, 2.75) is 6.54 Å². The zero-order valence-electron chi connectivity index (χ0n) is 14.1. The summed E-state index contributed by atoms with van der Waals surface area (Å²) in [5.74, 6) is 0.866. The number of rotatable bonds is 4. The van der Waals surface area contributed by atoms with E-state index in [2.05, 4.69) is 29.6 Å². The fourth-order valence-electron chi connectivity index (χ4n) is 2.60. The van der Waals surface area contributed by atoms with Crippen molar-refractivity contribution >= 4 is 45.4 Å². The lowest BCUT2D eigenvalue weighted by molar-refractivity contribution is 0.415. The van der Waals surface area contributed by atoms with Crippen LogP contribution >= 0.6 is 23.8 Å². The Balaban J connectivity index is 1.69. The maximum atomic E-state index is 5.91. The van der Waals surface area contributed by atoms with Crippen LogP contribution in [-0.2, 0) is 6.54 Å². The summed E-state index contributed by atoms with van der Waals surface area (Å²) in [6.45, 7) is 0.724. The summed E-state index contributed by atoms with van der Waals surface area (Å²) in [6.07, 6.45) is 0. The van der Waals surface area contributed by atoms with E-state index >= 15 is 0 Å². The smallest absolute Gasteiger partial charge is 0.173 e. The molecule has 0 atom stereocenters. The Bertz CT molecular complexity index is 896. The summed E-state index contributed by atoms with van der Waals surface area (Å²) >= 11 is 11.4. The SMILES string of the molecule is COc1ccc2cc(CN(C)C(=S)Nc3ccc(Cl)cc3)ccc2c1. The first-order chi connectivity index (χ1) is 12.0. The molecule has 3 aromatic rings. The molecule has 0 amide bonds. The summed E-state index contributed by atoms with van der Waals surface area (Å²) in [6, 6.07) is 20.0. The van der Waals surface area contributed by atoms with Crippen molar-refractivity contribution in [3.05, 3.63) is 71.2 Å². The standard InChI is InChI=1S/C20H19ClN2OS/c1-23(20(25)22-18-8-6-17(21)7-9-18)13-14-3-4-16-12-19(24-2)10-5-15(16)11-14/h3-12H,13H2,1-2H3,(H,22,25). The van der Waals surface area contributed by atoms with Crippen LogP contribution in [0, 0.1) is 0 Å². The third-order valence-corrected chi connectivity index (χ3v) is 4.64. The molecule has 25 heavy (non-hydrogen) atoms. The molecular weight excluding hydrogens is 352 g/mol. The zero-order valence-corrected chi connectivity index (χ0v) is 15.7. The van der Waals surface area contributed by atoms with Crippen LogP contribution in [0.25, 0.3) is 10.8 Å². The second-order valence-electron chi connectivity index (χ2n) is 5.84. The molecule has 1 N–H and O–H groups in total. The van der Waals surface area contributed by atoms with E-state index in [1.54, 1.807) is 7.11 Å². The molecule has 0 unspecified atom stereocenters. The quantitative estimate of drug-likeness (QED) is 0.627. The van der Waals surface area contributed by atoms with Gasteiger partial charge in [0.25, 0.3) is 0 Å². The van der Waals surface area contributed by atoms with E-state index in [1.165, 1.54) is 10.9 Å². The third kappa shape index (κ3) is 4.41. The lowest BCUT2D eigenvalue weighted by Crippen LogP contribution is -2.30. The maximum absolute atomic E-state index is 5.91. The first-order valence-corrected chi connectivity index (χ1v) is 8.68. The predicted molar refractivity (Wildman–Crippen MR) is 110 cm³/mol. The van der Waals surface area contributed by atoms with Crippen molar-refractivity contribution in [2.24, 2.45) is 0 Å². The van der Waals surface area contributed by atoms with Gasteiger partial charge in [0.1, 0.15) is 5.75 Å². The Hall–Kier alpha value is -2.30. The van der Waals surface area contributed by atoms with Gasteiger partial charge in [0, 0.05) is 24.3 Å². The van der Waals surface area contributed by atoms with Crippen molar-refractivity contribution < 1.29 is 4.74 Å². The van der Waals surface area contributed by atoms with E-state index in [4.69, 9.17) is 28.6 Å². The van der Waals surface area contributed by atoms with Crippen LogP contribution in [0.2, 0.25) is 5.02 Å². The molecule has 3 aromatic carbocycles. The highest BCUT2D eigenvalue weighted by Crippen LogP contribution is 2.22. The number of anilines is 1. The molecule has 0 aliphatic heterocycles. The number of nitrogens with one attached hydrogen (secondary N) is 1. The molecule has 128 valence electrons. The molecule has 0 aliphatic carbocycles. The number of hydrogen-bond donors (Lipinski definition) is 1. The van der Waals surface area contributed by atoms with E-state index in [-0.39, 0.29) is 0 Å². The van der Waals surface area contributed by atoms with Gasteiger partial charge in [-0.05, 0) is 71.0 Å². The predicted octanol–water partition coefficient (Wildman–Crippen LogP) is 5.33. The highest BCUT2D eigenvalue weighted by atomic mass is 35.5. The molecule has 0 fully saturated rings. The number of halogens is 1. The minimum atomic E-state index is 0.664. The van der Waals surface area contributed by atoms with Crippen molar-refractivity contribution in [3.63, 3.8) is 0 Å². The summed E-state index contributed by atoms with van der Waals surface area (Å²) < 4.78 is 5.27. The Labute approximate surface area is 158 Å². The Morgan fingerprint density at radius 2 is 1.72 bits per heavy atom. The van der Waals surface area contributed by atoms with Gasteiger partial charge in [-0.25, -0.2) is 0 Å². The largest absolute Gasteiger partial charge is 0.497 e. The molecule has 3 rings (SSSR count). The van der Waals surface area contributed by atoms with Gasteiger partial charge in [0.15, 0.2) is 5.11 Å². The van der Waals surface area contributed by atoms with Crippen LogP contribution in [0.5, 0.6) is 5.75 Å². The molecule has 0 saturated carbocycles. The first-order valence-electron chi connectivity index (χ1n) is 7.89. The van der Waals surface area contributed by atoms with Gasteiger partial charge >= 0.3 is 0 Å². The normalized spacial score (nSPS) is 10.5. The number of thiocarbonyl (C=S) groups is 1. The average molecular weight is 371 g/mol. The fourth-order valence-corrected chi connectivity index (χ4v) is 2.90. The second-order valence-corrected chi connectivity index (χ2v) is 6.66. The highest BCUT2D eigenvalue weighted by molar-refractivity contribution is 7.80. The Morgan fingerprint density at radius 1 is 1.04 bits per heavy atom. The van der Waals surface area contributed by atoms with Gasteiger partial charge in [-0.2, -0.15) is 0 Å². The molecule has 0 bridgehead atoms. The monoisotopic (exact) mass is 370 g/mol. The van der Waals surface area contributed by atoms with Crippen LogP contribution in [0.4, 0.5) is 5.69 Å². The molecular formula is C20H19ClN2OS. The summed E-state index contributed by atoms with van der Waals surface area (Å²) in [5.41, 5.74) is 2.12. The molecule has 0 saturated heterocycles. The van der Waals surface area contributed by atoms with Crippen molar-refractivity contribution in [1.29, 1.82) is 0 Å². The molecule has 0 aromatic heterocycles. The van der Waals surface area contributed by atoms with Crippen LogP contribution in [0.15, 0.2) is 60.7 Å². The van der Waals surface area contributed by atoms with E-state index in [1.807, 2.05) is 48.3 Å². The summed E-state index contributed by atoms with van der Waals surface area (Å²) in [7, 11) is 3.66. The lowest BCUT2D eigenvalue weighted by atomic mass is 10.1. The van der Waals surface area contributed by atoms with Crippen molar-refractivity contribution in [2.75, 3.05) is 19.5 Å². The highest BCUT2D eigenvalue weighted by Gasteiger charge is 2.07. The molecule has 0 aliphatic rings. The number of hydrogen-bond acceptors (Lipinski definition) is 2. The minimum Gasteiger partial charge on any atom is -0.497 e. The third-order valence-electron chi connectivity index (χ3n) is 3.97. The van der Waals surface area contributed by atoms with Gasteiger partial charge in [0.05, 0.1) is 7.11 Å². The van der Waals surface area contributed by atoms with Crippen LogP contribution in [-0.4, -0.2) is 24.2 Å². The lowest BCUT2D eigenvalue weighted by Gasteiger charge is -2.21. The van der Waals surface area contributed by atoms with Crippen LogP contribution < -0.4 is 10.1 Å². The molecule has 0 heterocycles. The van der Waals surface area contributed by atoms with Gasteiger partial charge in [-0.3, -0.25) is 0 Å². The summed E-state index contributed by atoms with van der Waals surface area (Å²) in [4.78, 5) is 2.01. The second kappa shape index (κ2) is 7.72. The number of benzene rings is 3. The number of methoxy groups -OCH3 is 1. The van der Waals surface area contributed by atoms with E-state index < -0.39 is 0 Å². The minimum absolute atomic E-state index is 0.664. The van der Waals surface area contributed by atoms with E-state index in [0.717, 1.165) is 23.4 Å². The Kier molecular flexibility index (Phi) is 5.41. The van der Waals surface area contributed by atoms with Crippen LogP contribution in [0.1, 0.15) is 5.56 Å². The van der Waals surface area contributed by atoms with Crippen LogP contribution in [0.3, 0.4) is 0 Å². The van der Waals surface area contributed by atoms with Crippen molar-refractivity contribution in [3.8, 4) is 5.75 Å². The number of ether oxygens (including phenoxy) is 1. The molecule has 5 heteroatoms. The summed E-state index contributed by atoms with van der Waals surface area (Å²) in [5, 5.41) is 6.94. The molecule has 0 spiro atoms. The average Bonchev–Trinajstić information content (AvgIpc) is 2.63. The molecule has 3 nitrogen and oxygen atoms in total. The fraction of sp³-hybridized carbons (Fsp3) is 0.150. The molecule has 0 radical (unpaired) electrons. The zero-order chi connectivity index (χ0) is 17.8. The maximum Gasteiger partial charge on any atom is 0.173 e. The topological polar surface area (TPSA) is 24.5 Å². The van der Waals surface area contributed by atoms with Gasteiger partial charge in [0.2, 0.25) is 0 Å². The van der Waals surface area contributed by atoms with Gasteiger partial charge in [-0.1, -0.05) is 29.8 Å². The Morgan fingerprint density at radius 3 is 2.44 bits per heavy atom.